The van der Waals surface area contributed by atoms with E-state index in [1.54, 1.807) is 35.4 Å². The molecular formula is C14H9Cl3N2O2. The molecule has 1 aromatic carbocycles. The van der Waals surface area contributed by atoms with Crippen molar-refractivity contribution in [2.75, 3.05) is 11.5 Å². The molecule has 2 heterocycles. The van der Waals surface area contributed by atoms with Crippen LogP contribution in [0.3, 0.4) is 0 Å². The highest BCUT2D eigenvalue weighted by Gasteiger charge is 2.26. The van der Waals surface area contributed by atoms with E-state index in [1.165, 1.54) is 0 Å². The van der Waals surface area contributed by atoms with Crippen molar-refractivity contribution in [2.24, 2.45) is 0 Å². The van der Waals surface area contributed by atoms with Crippen molar-refractivity contribution in [3.8, 4) is 5.75 Å². The van der Waals surface area contributed by atoms with Gasteiger partial charge in [0.1, 0.15) is 10.9 Å². The molecule has 0 bridgehead atoms. The number of hydrogen-bond donors (Lipinski definition) is 0. The summed E-state index contributed by atoms with van der Waals surface area (Å²) < 4.78 is 5.39. The van der Waals surface area contributed by atoms with Gasteiger partial charge in [-0.1, -0.05) is 34.8 Å². The third-order valence-corrected chi connectivity index (χ3v) is 3.88. The second-order valence-corrected chi connectivity index (χ2v) is 5.71. The maximum absolute atomic E-state index is 12.1. The number of anilines is 1. The van der Waals surface area contributed by atoms with Gasteiger partial charge < -0.3 is 9.64 Å². The topological polar surface area (TPSA) is 42.4 Å². The number of aromatic nitrogens is 1. The van der Waals surface area contributed by atoms with E-state index in [2.05, 4.69) is 4.98 Å². The maximum atomic E-state index is 12.1. The van der Waals surface area contributed by atoms with E-state index in [4.69, 9.17) is 39.5 Å². The van der Waals surface area contributed by atoms with Crippen LogP contribution in [0.15, 0.2) is 30.5 Å². The fraction of sp³-hybridized carbons (Fsp3) is 0.143. The monoisotopic (exact) mass is 342 g/mol. The van der Waals surface area contributed by atoms with Crippen LogP contribution in [0.5, 0.6) is 5.75 Å². The van der Waals surface area contributed by atoms with E-state index < -0.39 is 0 Å². The Hall–Kier alpha value is -1.49. The molecule has 2 aromatic rings. The first kappa shape index (κ1) is 14.4. The van der Waals surface area contributed by atoms with Crippen LogP contribution in [-0.2, 0) is 11.3 Å². The number of nitrogens with zero attached hydrogens (tertiary/aromatic N) is 2. The summed E-state index contributed by atoms with van der Waals surface area (Å²) in [6.07, 6.45) is 1.55. The smallest absolute Gasteiger partial charge is 0.265 e. The van der Waals surface area contributed by atoms with E-state index in [0.29, 0.717) is 32.2 Å². The molecule has 4 nitrogen and oxygen atoms in total. The van der Waals surface area contributed by atoms with Gasteiger partial charge in [-0.3, -0.25) is 4.79 Å². The highest BCUT2D eigenvalue weighted by molar-refractivity contribution is 6.34. The highest BCUT2D eigenvalue weighted by atomic mass is 35.5. The zero-order chi connectivity index (χ0) is 15.0. The lowest BCUT2D eigenvalue weighted by Crippen LogP contribution is -2.38. The summed E-state index contributed by atoms with van der Waals surface area (Å²) in [7, 11) is 0. The Morgan fingerprint density at radius 2 is 2.05 bits per heavy atom. The molecule has 1 aliphatic rings. The minimum atomic E-state index is -0.171. The number of benzene rings is 1. The molecule has 108 valence electrons. The van der Waals surface area contributed by atoms with Crippen LogP contribution in [-0.4, -0.2) is 17.5 Å². The van der Waals surface area contributed by atoms with Crippen LogP contribution in [0.2, 0.25) is 15.2 Å². The third kappa shape index (κ3) is 2.93. The largest absolute Gasteiger partial charge is 0.482 e. The van der Waals surface area contributed by atoms with Crippen LogP contribution >= 0.6 is 34.8 Å². The van der Waals surface area contributed by atoms with Crippen LogP contribution in [0.4, 0.5) is 5.69 Å². The van der Waals surface area contributed by atoms with Gasteiger partial charge in [-0.25, -0.2) is 4.98 Å². The minimum absolute atomic E-state index is 0.0206. The first-order valence-corrected chi connectivity index (χ1v) is 7.20. The van der Waals surface area contributed by atoms with E-state index in [9.17, 15) is 4.79 Å². The number of fused-ring (bicyclic) bond motifs is 1. The zero-order valence-electron chi connectivity index (χ0n) is 10.6. The van der Waals surface area contributed by atoms with Gasteiger partial charge in [-0.05, 0) is 24.3 Å². The normalized spacial score (nSPS) is 13.9. The van der Waals surface area contributed by atoms with Crippen molar-refractivity contribution in [1.82, 2.24) is 4.98 Å². The Kier molecular flexibility index (Phi) is 3.93. The molecule has 7 heteroatoms. The molecule has 0 spiro atoms. The lowest BCUT2D eigenvalue weighted by Gasteiger charge is -2.29. The Bertz CT molecular complexity index is 721. The first-order chi connectivity index (χ1) is 10.0. The summed E-state index contributed by atoms with van der Waals surface area (Å²) in [5, 5.41) is 1.29. The van der Waals surface area contributed by atoms with Crippen molar-refractivity contribution in [3.05, 3.63) is 51.2 Å². The van der Waals surface area contributed by atoms with Crippen molar-refractivity contribution in [1.29, 1.82) is 0 Å². The molecule has 0 unspecified atom stereocenters. The van der Waals surface area contributed by atoms with E-state index >= 15 is 0 Å². The van der Waals surface area contributed by atoms with E-state index in [0.717, 1.165) is 0 Å². The first-order valence-electron chi connectivity index (χ1n) is 6.07. The summed E-state index contributed by atoms with van der Waals surface area (Å²) in [4.78, 5) is 17.7. The predicted molar refractivity (Wildman–Crippen MR) is 82.4 cm³/mol. The summed E-state index contributed by atoms with van der Waals surface area (Å²) >= 11 is 17.9. The lowest BCUT2D eigenvalue weighted by atomic mass is 10.2. The van der Waals surface area contributed by atoms with Crippen molar-refractivity contribution in [3.63, 3.8) is 0 Å². The van der Waals surface area contributed by atoms with Crippen molar-refractivity contribution in [2.45, 2.75) is 6.54 Å². The van der Waals surface area contributed by atoms with Gasteiger partial charge in [0.15, 0.2) is 6.61 Å². The molecule has 0 N–H and O–H groups in total. The SMILES string of the molecule is O=C1COc2ccc(Cl)cc2N1Cc1cnc(Cl)cc1Cl. The number of pyridine rings is 1. The number of ether oxygens (including phenoxy) is 1. The van der Waals surface area contributed by atoms with Crippen molar-refractivity contribution < 1.29 is 9.53 Å². The molecule has 0 saturated heterocycles. The number of rotatable bonds is 2. The molecule has 1 aromatic heterocycles. The van der Waals surface area contributed by atoms with Gasteiger partial charge in [0.2, 0.25) is 0 Å². The van der Waals surface area contributed by atoms with Crippen LogP contribution in [0.1, 0.15) is 5.56 Å². The molecule has 0 radical (unpaired) electrons. The molecule has 0 aliphatic carbocycles. The third-order valence-electron chi connectivity index (χ3n) is 3.09. The average Bonchev–Trinajstić information content (AvgIpc) is 2.44. The molecule has 21 heavy (non-hydrogen) atoms. The molecule has 0 saturated carbocycles. The fourth-order valence-electron chi connectivity index (χ4n) is 2.07. The van der Waals surface area contributed by atoms with Crippen LogP contribution < -0.4 is 9.64 Å². The highest BCUT2D eigenvalue weighted by Crippen LogP contribution is 2.36. The number of halogens is 3. The minimum Gasteiger partial charge on any atom is -0.482 e. The number of carbonyl (C=O) groups is 1. The molecule has 3 rings (SSSR count). The Morgan fingerprint density at radius 1 is 1.24 bits per heavy atom. The summed E-state index contributed by atoms with van der Waals surface area (Å²) in [5.41, 5.74) is 1.31. The number of hydrogen-bond acceptors (Lipinski definition) is 3. The van der Waals surface area contributed by atoms with Gasteiger partial charge in [-0.15, -0.1) is 0 Å². The number of carbonyl (C=O) groups excluding carboxylic acids is 1. The second-order valence-electron chi connectivity index (χ2n) is 4.48. The maximum Gasteiger partial charge on any atom is 0.265 e. The molecule has 1 amide bonds. The molecular weight excluding hydrogens is 335 g/mol. The predicted octanol–water partition coefficient (Wildman–Crippen LogP) is 3.97. The average molecular weight is 344 g/mol. The van der Waals surface area contributed by atoms with Gasteiger partial charge in [0.25, 0.3) is 5.91 Å². The summed E-state index contributed by atoms with van der Waals surface area (Å²) in [5.74, 6) is 0.438. The second kappa shape index (κ2) is 5.72. The Labute approximate surface area is 136 Å². The number of amides is 1. The zero-order valence-corrected chi connectivity index (χ0v) is 12.9. The summed E-state index contributed by atoms with van der Waals surface area (Å²) in [6.45, 7) is 0.256. The van der Waals surface area contributed by atoms with Crippen molar-refractivity contribution >= 4 is 46.4 Å². The standard InChI is InChI=1S/C14H9Cl3N2O2/c15-9-1-2-12-11(3-9)19(14(20)7-21-12)6-8-5-18-13(17)4-10(8)16/h1-5H,6-7H2. The van der Waals surface area contributed by atoms with E-state index in [1.807, 2.05) is 0 Å². The quantitative estimate of drug-likeness (QED) is 0.775. The summed E-state index contributed by atoms with van der Waals surface area (Å²) in [6, 6.07) is 6.68. The Morgan fingerprint density at radius 3 is 2.81 bits per heavy atom. The lowest BCUT2D eigenvalue weighted by molar-refractivity contribution is -0.121. The molecule has 0 atom stereocenters. The van der Waals surface area contributed by atoms with Gasteiger partial charge >= 0.3 is 0 Å². The van der Waals surface area contributed by atoms with Gasteiger partial charge in [-0.2, -0.15) is 0 Å². The van der Waals surface area contributed by atoms with Gasteiger partial charge in [0.05, 0.1) is 17.3 Å². The van der Waals surface area contributed by atoms with E-state index in [-0.39, 0.29) is 19.1 Å². The van der Waals surface area contributed by atoms with Crippen LogP contribution in [0.25, 0.3) is 0 Å². The van der Waals surface area contributed by atoms with Gasteiger partial charge in [0, 0.05) is 16.8 Å². The molecule has 1 aliphatic heterocycles. The molecule has 0 fully saturated rings. The fourth-order valence-corrected chi connectivity index (χ4v) is 2.66. The Balaban J connectivity index is 1.98. The van der Waals surface area contributed by atoms with Crippen LogP contribution in [0, 0.1) is 0 Å².